The van der Waals surface area contributed by atoms with Crippen molar-refractivity contribution < 1.29 is 4.74 Å². The standard InChI is InChI=1S/C11H18N2O/c1-9(2)4-3-7-14-11-6-5-10(12)8-13-11/h5-6,8-9H,3-4,7,12H2,1-2H3. The predicted molar refractivity (Wildman–Crippen MR) is 58.2 cm³/mol. The Morgan fingerprint density at radius 2 is 2.21 bits per heavy atom. The lowest BCUT2D eigenvalue weighted by atomic mass is 10.1. The van der Waals surface area contributed by atoms with E-state index in [1.165, 1.54) is 6.42 Å². The summed E-state index contributed by atoms with van der Waals surface area (Å²) >= 11 is 0. The van der Waals surface area contributed by atoms with Crippen molar-refractivity contribution in [1.29, 1.82) is 0 Å². The fourth-order valence-corrected chi connectivity index (χ4v) is 1.15. The SMILES string of the molecule is CC(C)CCCOc1ccc(N)cn1. The molecule has 78 valence electrons. The van der Waals surface area contributed by atoms with Gasteiger partial charge in [0.05, 0.1) is 18.5 Å². The summed E-state index contributed by atoms with van der Waals surface area (Å²) < 4.78 is 5.44. The molecule has 0 unspecified atom stereocenters. The second kappa shape index (κ2) is 5.47. The smallest absolute Gasteiger partial charge is 0.213 e. The predicted octanol–water partition coefficient (Wildman–Crippen LogP) is 2.48. The summed E-state index contributed by atoms with van der Waals surface area (Å²) in [5.41, 5.74) is 6.17. The van der Waals surface area contributed by atoms with Crippen LogP contribution >= 0.6 is 0 Å². The molecule has 1 rings (SSSR count). The quantitative estimate of drug-likeness (QED) is 0.732. The molecule has 0 atom stereocenters. The fourth-order valence-electron chi connectivity index (χ4n) is 1.15. The van der Waals surface area contributed by atoms with Crippen LogP contribution in [0.15, 0.2) is 18.3 Å². The van der Waals surface area contributed by atoms with Crippen LogP contribution in [0.2, 0.25) is 0 Å². The van der Waals surface area contributed by atoms with Crippen LogP contribution in [0.5, 0.6) is 5.88 Å². The lowest BCUT2D eigenvalue weighted by Crippen LogP contribution is -2.01. The second-order valence-electron chi connectivity index (χ2n) is 3.81. The number of nitrogens with two attached hydrogens (primary N) is 1. The highest BCUT2D eigenvalue weighted by Crippen LogP contribution is 2.10. The van der Waals surface area contributed by atoms with Crippen LogP contribution in [-0.2, 0) is 0 Å². The molecule has 0 saturated carbocycles. The molecule has 0 radical (unpaired) electrons. The number of aromatic nitrogens is 1. The van der Waals surface area contributed by atoms with Gasteiger partial charge in [-0.15, -0.1) is 0 Å². The first-order valence-electron chi connectivity index (χ1n) is 5.03. The van der Waals surface area contributed by atoms with Gasteiger partial charge in [0.25, 0.3) is 0 Å². The summed E-state index contributed by atoms with van der Waals surface area (Å²) in [5.74, 6) is 1.39. The van der Waals surface area contributed by atoms with Gasteiger partial charge in [-0.2, -0.15) is 0 Å². The molecule has 14 heavy (non-hydrogen) atoms. The minimum atomic E-state index is 0.656. The molecule has 0 aliphatic rings. The number of rotatable bonds is 5. The molecule has 0 saturated heterocycles. The van der Waals surface area contributed by atoms with Crippen LogP contribution in [0.25, 0.3) is 0 Å². The Labute approximate surface area is 85.3 Å². The van der Waals surface area contributed by atoms with E-state index in [0.29, 0.717) is 11.6 Å². The number of ether oxygens (including phenoxy) is 1. The number of hydrogen-bond acceptors (Lipinski definition) is 3. The lowest BCUT2D eigenvalue weighted by Gasteiger charge is -2.06. The Morgan fingerprint density at radius 1 is 1.43 bits per heavy atom. The Bertz CT molecular complexity index is 256. The highest BCUT2D eigenvalue weighted by Gasteiger charge is 1.96. The molecule has 0 spiro atoms. The van der Waals surface area contributed by atoms with E-state index in [-0.39, 0.29) is 0 Å². The maximum atomic E-state index is 5.50. The topological polar surface area (TPSA) is 48.1 Å². The van der Waals surface area contributed by atoms with Gasteiger partial charge in [-0.1, -0.05) is 13.8 Å². The number of nitrogens with zero attached hydrogens (tertiary/aromatic N) is 1. The summed E-state index contributed by atoms with van der Waals surface area (Å²) in [6.07, 6.45) is 3.87. The van der Waals surface area contributed by atoms with Gasteiger partial charge in [0.2, 0.25) is 5.88 Å². The van der Waals surface area contributed by atoms with Gasteiger partial charge in [-0.05, 0) is 24.8 Å². The van der Waals surface area contributed by atoms with E-state index < -0.39 is 0 Å². The van der Waals surface area contributed by atoms with Crippen molar-refractivity contribution in [3.8, 4) is 5.88 Å². The molecule has 2 N–H and O–H groups in total. The molecule has 3 nitrogen and oxygen atoms in total. The zero-order valence-electron chi connectivity index (χ0n) is 8.86. The van der Waals surface area contributed by atoms with Gasteiger partial charge in [0.1, 0.15) is 0 Å². The van der Waals surface area contributed by atoms with Gasteiger partial charge in [-0.3, -0.25) is 0 Å². The minimum absolute atomic E-state index is 0.656. The third-order valence-corrected chi connectivity index (χ3v) is 1.93. The summed E-state index contributed by atoms with van der Waals surface area (Å²) in [6, 6.07) is 3.59. The molecule has 0 fully saturated rings. The Kier molecular flexibility index (Phi) is 4.23. The molecule has 0 bridgehead atoms. The molecular formula is C11H18N2O. The van der Waals surface area contributed by atoms with Crippen molar-refractivity contribution in [3.63, 3.8) is 0 Å². The van der Waals surface area contributed by atoms with Gasteiger partial charge in [-0.25, -0.2) is 4.98 Å². The first-order chi connectivity index (χ1) is 6.68. The van der Waals surface area contributed by atoms with Crippen molar-refractivity contribution in [1.82, 2.24) is 4.98 Å². The van der Waals surface area contributed by atoms with E-state index in [2.05, 4.69) is 18.8 Å². The zero-order valence-corrected chi connectivity index (χ0v) is 8.86. The normalized spacial score (nSPS) is 10.5. The minimum Gasteiger partial charge on any atom is -0.478 e. The van der Waals surface area contributed by atoms with E-state index >= 15 is 0 Å². The molecule has 0 aliphatic heterocycles. The van der Waals surface area contributed by atoms with Gasteiger partial charge in [0, 0.05) is 6.07 Å². The third-order valence-electron chi connectivity index (χ3n) is 1.93. The lowest BCUT2D eigenvalue weighted by molar-refractivity contribution is 0.287. The van der Waals surface area contributed by atoms with Crippen molar-refractivity contribution in [3.05, 3.63) is 18.3 Å². The number of anilines is 1. The number of hydrogen-bond donors (Lipinski definition) is 1. The Balaban J connectivity index is 2.21. The molecule has 1 aromatic rings. The first kappa shape index (κ1) is 10.8. The maximum absolute atomic E-state index is 5.50. The van der Waals surface area contributed by atoms with Crippen molar-refractivity contribution in [2.75, 3.05) is 12.3 Å². The zero-order chi connectivity index (χ0) is 10.4. The summed E-state index contributed by atoms with van der Waals surface area (Å²) in [5, 5.41) is 0. The first-order valence-corrected chi connectivity index (χ1v) is 5.03. The molecule has 0 amide bonds. The van der Waals surface area contributed by atoms with Crippen LogP contribution in [-0.4, -0.2) is 11.6 Å². The van der Waals surface area contributed by atoms with Crippen LogP contribution < -0.4 is 10.5 Å². The van der Waals surface area contributed by atoms with Gasteiger partial charge < -0.3 is 10.5 Å². The van der Waals surface area contributed by atoms with Crippen LogP contribution in [0, 0.1) is 5.92 Å². The van der Waals surface area contributed by atoms with E-state index in [0.717, 1.165) is 18.9 Å². The third kappa shape index (κ3) is 4.12. The molecule has 1 heterocycles. The number of pyridine rings is 1. The van der Waals surface area contributed by atoms with Crippen LogP contribution in [0.1, 0.15) is 26.7 Å². The summed E-state index contributed by atoms with van der Waals surface area (Å²) in [4.78, 5) is 4.05. The molecule has 0 aliphatic carbocycles. The monoisotopic (exact) mass is 194 g/mol. The molecule has 3 heteroatoms. The Morgan fingerprint density at radius 3 is 2.79 bits per heavy atom. The summed E-state index contributed by atoms with van der Waals surface area (Å²) in [6.45, 7) is 5.15. The highest BCUT2D eigenvalue weighted by molar-refractivity contribution is 5.35. The van der Waals surface area contributed by atoms with Crippen LogP contribution in [0.3, 0.4) is 0 Å². The highest BCUT2D eigenvalue weighted by atomic mass is 16.5. The molecule has 1 aromatic heterocycles. The van der Waals surface area contributed by atoms with Crippen LogP contribution in [0.4, 0.5) is 5.69 Å². The van der Waals surface area contributed by atoms with Gasteiger partial charge in [0.15, 0.2) is 0 Å². The van der Waals surface area contributed by atoms with Crippen molar-refractivity contribution in [2.24, 2.45) is 5.92 Å². The molecular weight excluding hydrogens is 176 g/mol. The van der Waals surface area contributed by atoms with Crippen molar-refractivity contribution in [2.45, 2.75) is 26.7 Å². The summed E-state index contributed by atoms with van der Waals surface area (Å²) in [7, 11) is 0. The largest absolute Gasteiger partial charge is 0.478 e. The van der Waals surface area contributed by atoms with E-state index in [1.54, 1.807) is 18.3 Å². The average Bonchev–Trinajstić information content (AvgIpc) is 2.15. The fraction of sp³-hybridized carbons (Fsp3) is 0.545. The van der Waals surface area contributed by atoms with Crippen molar-refractivity contribution >= 4 is 5.69 Å². The number of nitrogen functional groups attached to an aromatic ring is 1. The molecule has 0 aromatic carbocycles. The van der Waals surface area contributed by atoms with E-state index in [1.807, 2.05) is 0 Å². The van der Waals surface area contributed by atoms with Gasteiger partial charge >= 0.3 is 0 Å². The Hall–Kier alpha value is -1.25. The second-order valence-corrected chi connectivity index (χ2v) is 3.81. The van der Waals surface area contributed by atoms with E-state index in [9.17, 15) is 0 Å². The average molecular weight is 194 g/mol. The maximum Gasteiger partial charge on any atom is 0.213 e. The van der Waals surface area contributed by atoms with E-state index in [4.69, 9.17) is 10.5 Å².